The van der Waals surface area contributed by atoms with Crippen LogP contribution in [0.3, 0.4) is 0 Å². The summed E-state index contributed by atoms with van der Waals surface area (Å²) in [5, 5.41) is 2.85. The Balaban J connectivity index is 1.74. The highest BCUT2D eigenvalue weighted by molar-refractivity contribution is 5.94. The molecule has 1 aliphatic heterocycles. The maximum Gasteiger partial charge on any atom is 0.251 e. The zero-order valence-electron chi connectivity index (χ0n) is 14.7. The molecule has 1 heterocycles. The molecule has 138 valence electrons. The van der Waals surface area contributed by atoms with Crippen molar-refractivity contribution in [1.29, 1.82) is 0 Å². The smallest absolute Gasteiger partial charge is 0.251 e. The highest BCUT2D eigenvalue weighted by Gasteiger charge is 2.23. The van der Waals surface area contributed by atoms with E-state index in [-0.39, 0.29) is 11.6 Å². The zero-order chi connectivity index (χ0) is 18.5. The first kappa shape index (κ1) is 18.5. The fourth-order valence-electron chi connectivity index (χ4n) is 3.15. The molecule has 2 aromatic rings. The molecule has 1 aliphatic rings. The van der Waals surface area contributed by atoms with Crippen LogP contribution in [0.4, 0.5) is 8.78 Å². The fourth-order valence-corrected chi connectivity index (χ4v) is 3.15. The van der Waals surface area contributed by atoms with E-state index < -0.39 is 17.5 Å². The topological polar surface area (TPSA) is 41.6 Å². The minimum absolute atomic E-state index is 0.00644. The third-order valence-corrected chi connectivity index (χ3v) is 4.55. The number of carbonyl (C=O) groups excluding carboxylic acids is 1. The molecule has 2 aromatic carbocycles. The van der Waals surface area contributed by atoms with E-state index in [1.807, 2.05) is 25.1 Å². The molecule has 0 aromatic heterocycles. The van der Waals surface area contributed by atoms with Gasteiger partial charge in [0.1, 0.15) is 0 Å². The van der Waals surface area contributed by atoms with E-state index in [1.165, 1.54) is 6.07 Å². The van der Waals surface area contributed by atoms with Gasteiger partial charge in [-0.1, -0.05) is 29.8 Å². The standard InChI is InChI=1S/C20H22F2N2O2/c1-14-3-2-4-15(11-14)19(24-7-9-26-10-8-24)13-23-20(25)16-5-6-17(21)18(22)12-16/h2-6,11-12,19H,7-10,13H2,1H3,(H,23,25). The van der Waals surface area contributed by atoms with E-state index in [0.29, 0.717) is 19.8 Å². The summed E-state index contributed by atoms with van der Waals surface area (Å²) >= 11 is 0. The van der Waals surface area contributed by atoms with Gasteiger partial charge in [0.25, 0.3) is 5.91 Å². The van der Waals surface area contributed by atoms with Crippen LogP contribution in [0, 0.1) is 18.6 Å². The molecule has 4 nitrogen and oxygen atoms in total. The second-order valence-electron chi connectivity index (χ2n) is 6.42. The molecule has 26 heavy (non-hydrogen) atoms. The van der Waals surface area contributed by atoms with Crippen molar-refractivity contribution in [3.8, 4) is 0 Å². The second kappa shape index (κ2) is 8.38. The number of amides is 1. The van der Waals surface area contributed by atoms with Gasteiger partial charge >= 0.3 is 0 Å². The third kappa shape index (κ3) is 4.45. The van der Waals surface area contributed by atoms with Crippen molar-refractivity contribution in [3.63, 3.8) is 0 Å². The van der Waals surface area contributed by atoms with Crippen LogP contribution in [-0.4, -0.2) is 43.7 Å². The fraction of sp³-hybridized carbons (Fsp3) is 0.350. The van der Waals surface area contributed by atoms with Gasteiger partial charge in [0.2, 0.25) is 0 Å². The highest BCUT2D eigenvalue weighted by Crippen LogP contribution is 2.22. The van der Waals surface area contributed by atoms with Crippen LogP contribution in [0.5, 0.6) is 0 Å². The van der Waals surface area contributed by atoms with Crippen LogP contribution in [0.1, 0.15) is 27.5 Å². The van der Waals surface area contributed by atoms with Crippen molar-refractivity contribution in [3.05, 3.63) is 70.8 Å². The van der Waals surface area contributed by atoms with Gasteiger partial charge in [-0.3, -0.25) is 9.69 Å². The van der Waals surface area contributed by atoms with Gasteiger partial charge < -0.3 is 10.1 Å². The van der Waals surface area contributed by atoms with Gasteiger partial charge in [-0.25, -0.2) is 8.78 Å². The molecule has 6 heteroatoms. The molecule has 1 amide bonds. The lowest BCUT2D eigenvalue weighted by Gasteiger charge is -2.35. The number of nitrogens with one attached hydrogen (secondary N) is 1. The lowest BCUT2D eigenvalue weighted by atomic mass is 10.0. The van der Waals surface area contributed by atoms with Crippen LogP contribution in [0.15, 0.2) is 42.5 Å². The van der Waals surface area contributed by atoms with Crippen LogP contribution < -0.4 is 5.32 Å². The van der Waals surface area contributed by atoms with Crippen molar-refractivity contribution in [2.24, 2.45) is 0 Å². The van der Waals surface area contributed by atoms with Crippen LogP contribution in [0.25, 0.3) is 0 Å². The summed E-state index contributed by atoms with van der Waals surface area (Å²) in [6, 6.07) is 11.3. The summed E-state index contributed by atoms with van der Waals surface area (Å²) in [5.41, 5.74) is 2.36. The Labute approximate surface area is 151 Å². The number of halogens is 2. The molecule has 0 bridgehead atoms. The minimum atomic E-state index is -1.03. The van der Waals surface area contributed by atoms with Gasteiger partial charge in [0, 0.05) is 25.2 Å². The lowest BCUT2D eigenvalue weighted by molar-refractivity contribution is 0.0162. The molecular formula is C20H22F2N2O2. The predicted octanol–water partition coefficient (Wildman–Crippen LogP) is 3.08. The molecule has 1 N–H and O–H groups in total. The molecule has 1 atom stereocenters. The largest absolute Gasteiger partial charge is 0.379 e. The molecule has 1 fully saturated rings. The Morgan fingerprint density at radius 1 is 1.15 bits per heavy atom. The number of rotatable bonds is 5. The molecular weight excluding hydrogens is 338 g/mol. The first-order valence-corrected chi connectivity index (χ1v) is 8.66. The van der Waals surface area contributed by atoms with E-state index >= 15 is 0 Å². The number of benzene rings is 2. The highest BCUT2D eigenvalue weighted by atomic mass is 19.2. The SMILES string of the molecule is Cc1cccc(C(CNC(=O)c2ccc(F)c(F)c2)N2CCOCC2)c1. The van der Waals surface area contributed by atoms with Crippen molar-refractivity contribution >= 4 is 5.91 Å². The number of carbonyl (C=O) groups is 1. The van der Waals surface area contributed by atoms with Crippen LogP contribution in [0.2, 0.25) is 0 Å². The van der Waals surface area contributed by atoms with Gasteiger partial charge in [0.05, 0.1) is 19.3 Å². The van der Waals surface area contributed by atoms with Gasteiger partial charge in [-0.15, -0.1) is 0 Å². The van der Waals surface area contributed by atoms with E-state index in [1.54, 1.807) is 0 Å². The summed E-state index contributed by atoms with van der Waals surface area (Å²) in [6.45, 7) is 5.26. The normalized spacial score (nSPS) is 16.3. The maximum atomic E-state index is 13.4. The Morgan fingerprint density at radius 3 is 2.62 bits per heavy atom. The Kier molecular flexibility index (Phi) is 5.96. The summed E-state index contributed by atoms with van der Waals surface area (Å²) in [5.74, 6) is -2.41. The van der Waals surface area contributed by atoms with Crippen molar-refractivity contribution in [2.75, 3.05) is 32.8 Å². The van der Waals surface area contributed by atoms with E-state index in [2.05, 4.69) is 16.3 Å². The number of morpholine rings is 1. The van der Waals surface area contributed by atoms with Crippen molar-refractivity contribution in [1.82, 2.24) is 10.2 Å². The third-order valence-electron chi connectivity index (χ3n) is 4.55. The first-order valence-electron chi connectivity index (χ1n) is 8.66. The second-order valence-corrected chi connectivity index (χ2v) is 6.42. The molecule has 1 unspecified atom stereocenters. The lowest BCUT2D eigenvalue weighted by Crippen LogP contribution is -2.43. The summed E-state index contributed by atoms with van der Waals surface area (Å²) in [4.78, 5) is 14.6. The number of aryl methyl sites for hydroxylation is 1. The zero-order valence-corrected chi connectivity index (χ0v) is 14.7. The van der Waals surface area contributed by atoms with Gasteiger partial charge in [-0.05, 0) is 30.7 Å². The number of nitrogens with zero attached hydrogens (tertiary/aromatic N) is 1. The molecule has 0 aliphatic carbocycles. The minimum Gasteiger partial charge on any atom is -0.379 e. The van der Waals surface area contributed by atoms with E-state index in [4.69, 9.17) is 4.74 Å². The number of hydrogen-bond donors (Lipinski definition) is 1. The van der Waals surface area contributed by atoms with Crippen molar-refractivity contribution < 1.29 is 18.3 Å². The van der Waals surface area contributed by atoms with E-state index in [0.717, 1.165) is 36.3 Å². The maximum absolute atomic E-state index is 13.4. The summed E-state index contributed by atoms with van der Waals surface area (Å²) in [6.07, 6.45) is 0. The monoisotopic (exact) mass is 360 g/mol. The molecule has 0 spiro atoms. The van der Waals surface area contributed by atoms with E-state index in [9.17, 15) is 13.6 Å². The predicted molar refractivity (Wildman–Crippen MR) is 95.0 cm³/mol. The van der Waals surface area contributed by atoms with Gasteiger partial charge in [0.15, 0.2) is 11.6 Å². The Hall–Kier alpha value is -2.31. The van der Waals surface area contributed by atoms with Crippen LogP contribution in [-0.2, 0) is 4.74 Å². The number of hydrogen-bond acceptors (Lipinski definition) is 3. The van der Waals surface area contributed by atoms with Crippen molar-refractivity contribution in [2.45, 2.75) is 13.0 Å². The average Bonchev–Trinajstić information content (AvgIpc) is 2.65. The van der Waals surface area contributed by atoms with Gasteiger partial charge in [-0.2, -0.15) is 0 Å². The Bertz CT molecular complexity index is 776. The summed E-state index contributed by atoms with van der Waals surface area (Å²) < 4.78 is 31.8. The first-order chi connectivity index (χ1) is 12.5. The Morgan fingerprint density at radius 2 is 1.92 bits per heavy atom. The average molecular weight is 360 g/mol. The van der Waals surface area contributed by atoms with Crippen LogP contribution >= 0.6 is 0 Å². The molecule has 0 saturated carbocycles. The summed E-state index contributed by atoms with van der Waals surface area (Å²) in [7, 11) is 0. The molecule has 1 saturated heterocycles. The quantitative estimate of drug-likeness (QED) is 0.891. The molecule has 0 radical (unpaired) electrons. The number of ether oxygens (including phenoxy) is 1. The molecule has 3 rings (SSSR count).